The maximum absolute atomic E-state index is 10.7. The molecule has 1 aliphatic carbocycles. The van der Waals surface area contributed by atoms with E-state index in [0.29, 0.717) is 39.4 Å². The molecule has 3 N–H and O–H groups in total. The lowest BCUT2D eigenvalue weighted by atomic mass is 10.0. The van der Waals surface area contributed by atoms with E-state index >= 15 is 0 Å². The second-order valence-electron chi connectivity index (χ2n) is 6.57. The molecule has 0 amide bonds. The summed E-state index contributed by atoms with van der Waals surface area (Å²) in [4.78, 5) is 4.81. The van der Waals surface area contributed by atoms with Gasteiger partial charge in [-0.15, -0.1) is 10.2 Å². The zero-order valence-electron chi connectivity index (χ0n) is 15.7. The van der Waals surface area contributed by atoms with E-state index in [1.165, 1.54) is 14.2 Å². The highest BCUT2D eigenvalue weighted by Crippen LogP contribution is 2.41. The summed E-state index contributed by atoms with van der Waals surface area (Å²) in [6, 6.07) is 7.40. The van der Waals surface area contributed by atoms with Crippen molar-refractivity contribution in [3.63, 3.8) is 0 Å². The normalized spacial score (nSPS) is 12.8. The van der Waals surface area contributed by atoms with E-state index in [9.17, 15) is 5.11 Å². The first kappa shape index (κ1) is 17.1. The Balaban J connectivity index is 1.83. The third kappa shape index (κ3) is 2.42. The van der Waals surface area contributed by atoms with Gasteiger partial charge >= 0.3 is 0 Å². The van der Waals surface area contributed by atoms with Gasteiger partial charge in [-0.25, -0.2) is 4.98 Å². The van der Waals surface area contributed by atoms with E-state index in [0.717, 1.165) is 16.6 Å². The minimum Gasteiger partial charge on any atom is -0.494 e. The van der Waals surface area contributed by atoms with Crippen LogP contribution in [-0.4, -0.2) is 39.1 Å². The summed E-state index contributed by atoms with van der Waals surface area (Å²) in [6.45, 7) is 0. The van der Waals surface area contributed by atoms with Crippen molar-refractivity contribution in [1.29, 1.82) is 0 Å². The Morgan fingerprint density at radius 1 is 1.10 bits per heavy atom. The van der Waals surface area contributed by atoms with Gasteiger partial charge in [-0.1, -0.05) is 24.3 Å². The second kappa shape index (κ2) is 6.23. The fraction of sp³-hybridized carbons (Fsp3) is 0.0952. The zero-order valence-corrected chi connectivity index (χ0v) is 15.7. The lowest BCUT2D eigenvalue weighted by molar-refractivity contribution is 0.369. The maximum atomic E-state index is 10.7. The average molecular weight is 387 g/mol. The molecule has 0 saturated carbocycles. The number of aromatic hydroxyl groups is 1. The van der Waals surface area contributed by atoms with Crippen molar-refractivity contribution in [3.05, 3.63) is 48.7 Å². The summed E-state index contributed by atoms with van der Waals surface area (Å²) < 4.78 is 12.3. The molecule has 0 aliphatic heterocycles. The molecular weight excluding hydrogens is 370 g/mol. The van der Waals surface area contributed by atoms with Crippen LogP contribution >= 0.6 is 0 Å². The molecule has 0 unspecified atom stereocenters. The largest absolute Gasteiger partial charge is 0.494 e. The third-order valence-electron chi connectivity index (χ3n) is 5.03. The smallest absolute Gasteiger partial charge is 0.241 e. The molecule has 0 bridgehead atoms. The highest BCUT2D eigenvalue weighted by Gasteiger charge is 2.21. The first-order valence-electron chi connectivity index (χ1n) is 8.89. The number of hydrogen-bond acceptors (Lipinski definition) is 7. The van der Waals surface area contributed by atoms with Crippen molar-refractivity contribution in [2.45, 2.75) is 0 Å². The summed E-state index contributed by atoms with van der Waals surface area (Å²) in [5.74, 6) is 0.779. The minimum atomic E-state index is 0.0673. The Kier molecular flexibility index (Phi) is 3.67. The number of methoxy groups -OCH3 is 2. The molecule has 0 fully saturated rings. The van der Waals surface area contributed by atoms with E-state index in [1.54, 1.807) is 16.8 Å². The number of para-hydroxylation sites is 1. The van der Waals surface area contributed by atoms with Crippen LogP contribution in [0.4, 0.5) is 5.69 Å². The fourth-order valence-corrected chi connectivity index (χ4v) is 3.53. The zero-order chi connectivity index (χ0) is 20.1. The van der Waals surface area contributed by atoms with Crippen molar-refractivity contribution in [3.8, 4) is 28.8 Å². The molecule has 3 heterocycles. The monoisotopic (exact) mass is 387 g/mol. The minimum absolute atomic E-state index is 0.0673. The van der Waals surface area contributed by atoms with Crippen LogP contribution in [0.1, 0.15) is 0 Å². The van der Waals surface area contributed by atoms with Crippen molar-refractivity contribution >= 4 is 33.2 Å². The van der Waals surface area contributed by atoms with Crippen LogP contribution in [0.15, 0.2) is 48.7 Å². The predicted molar refractivity (Wildman–Crippen MR) is 111 cm³/mol. The number of hydrogen-bond donors (Lipinski definition) is 2. The average Bonchev–Trinajstić information content (AvgIpc) is 3.02. The van der Waals surface area contributed by atoms with Crippen LogP contribution in [0.25, 0.3) is 38.6 Å². The summed E-state index contributed by atoms with van der Waals surface area (Å²) in [5, 5.41) is 20.0. The fourth-order valence-electron chi connectivity index (χ4n) is 3.53. The number of nitrogen functional groups attached to an aromatic ring is 1. The van der Waals surface area contributed by atoms with E-state index in [2.05, 4.69) is 10.2 Å². The molecule has 5 rings (SSSR count). The number of nitrogens with zero attached hydrogens (tertiary/aromatic N) is 4. The van der Waals surface area contributed by atoms with E-state index in [-0.39, 0.29) is 5.88 Å². The molecule has 0 spiro atoms. The highest BCUT2D eigenvalue weighted by atomic mass is 16.5. The molecule has 1 aliphatic rings. The number of nitrogens with two attached hydrogens (primary N) is 1. The Bertz CT molecular complexity index is 1350. The number of benzene rings is 1. The van der Waals surface area contributed by atoms with Gasteiger partial charge in [0, 0.05) is 28.9 Å². The van der Waals surface area contributed by atoms with Gasteiger partial charge in [0.05, 0.1) is 41.9 Å². The summed E-state index contributed by atoms with van der Waals surface area (Å²) in [5.41, 5.74) is 10.5. The van der Waals surface area contributed by atoms with Gasteiger partial charge in [0.2, 0.25) is 17.6 Å². The Morgan fingerprint density at radius 3 is 2.62 bits per heavy atom. The number of anilines is 1. The summed E-state index contributed by atoms with van der Waals surface area (Å²) >= 11 is 0. The van der Waals surface area contributed by atoms with Gasteiger partial charge in [-0.05, 0) is 12.2 Å². The number of ether oxygens (including phenoxy) is 2. The molecular formula is C21H17N5O3. The van der Waals surface area contributed by atoms with Gasteiger partial charge in [-0.3, -0.25) is 4.57 Å². The van der Waals surface area contributed by atoms with Gasteiger partial charge in [0.25, 0.3) is 0 Å². The van der Waals surface area contributed by atoms with E-state index in [4.69, 9.17) is 20.2 Å². The lowest BCUT2D eigenvalue weighted by Gasteiger charge is -2.12. The summed E-state index contributed by atoms with van der Waals surface area (Å²) in [7, 11) is 3.06. The van der Waals surface area contributed by atoms with E-state index < -0.39 is 0 Å². The molecule has 0 saturated heterocycles. The molecule has 3 aromatic heterocycles. The van der Waals surface area contributed by atoms with Crippen LogP contribution in [0, 0.1) is 0 Å². The number of aromatic nitrogens is 4. The van der Waals surface area contributed by atoms with Crippen molar-refractivity contribution < 1.29 is 14.6 Å². The molecule has 144 valence electrons. The van der Waals surface area contributed by atoms with Crippen LogP contribution < -0.4 is 15.2 Å². The first-order chi connectivity index (χ1) is 14.1. The molecule has 8 heteroatoms. The number of rotatable bonds is 4. The second-order valence-corrected chi connectivity index (χ2v) is 6.57. The van der Waals surface area contributed by atoms with E-state index in [1.807, 2.05) is 36.4 Å². The van der Waals surface area contributed by atoms with Gasteiger partial charge < -0.3 is 20.3 Å². The van der Waals surface area contributed by atoms with Crippen LogP contribution in [-0.2, 0) is 0 Å². The third-order valence-corrected chi connectivity index (χ3v) is 5.03. The SMILES string of the molecule is COc1cc(-c2cccc3c(N)c4c(O)n(C5=CC=C5)cc4nc23)c(OC)nn1. The predicted octanol–water partition coefficient (Wildman–Crippen LogP) is 3.36. The molecule has 4 aromatic rings. The maximum Gasteiger partial charge on any atom is 0.241 e. The molecule has 0 radical (unpaired) electrons. The van der Waals surface area contributed by atoms with Crippen LogP contribution in [0.5, 0.6) is 17.6 Å². The Hall–Kier alpha value is -4.07. The standard InChI is InChI=1S/C21H17N5O3/c1-28-16-9-14(20(29-2)25-24-16)12-7-4-8-13-18(22)17-15(23-19(12)13)10-26(21(17)27)11-5-3-6-11/h3-10,27H,22H2,1-2H3. The molecule has 29 heavy (non-hydrogen) atoms. The Labute approximate surface area is 165 Å². The van der Waals surface area contributed by atoms with Crippen molar-refractivity contribution in [2.75, 3.05) is 20.0 Å². The molecule has 1 aromatic carbocycles. The van der Waals surface area contributed by atoms with Crippen molar-refractivity contribution in [2.24, 2.45) is 0 Å². The Morgan fingerprint density at radius 2 is 1.93 bits per heavy atom. The van der Waals surface area contributed by atoms with Gasteiger partial charge in [0.15, 0.2) is 0 Å². The number of pyridine rings is 1. The topological polar surface area (TPSA) is 108 Å². The van der Waals surface area contributed by atoms with Crippen LogP contribution in [0.3, 0.4) is 0 Å². The van der Waals surface area contributed by atoms with Gasteiger partial charge in [-0.2, -0.15) is 0 Å². The number of fused-ring (bicyclic) bond motifs is 2. The molecule has 0 atom stereocenters. The molecule has 8 nitrogen and oxygen atoms in total. The summed E-state index contributed by atoms with van der Waals surface area (Å²) in [6.07, 6.45) is 7.48. The van der Waals surface area contributed by atoms with Crippen LogP contribution in [0.2, 0.25) is 0 Å². The number of allylic oxidation sites excluding steroid dienone is 4. The van der Waals surface area contributed by atoms with Crippen molar-refractivity contribution in [1.82, 2.24) is 19.7 Å². The van der Waals surface area contributed by atoms with Gasteiger partial charge in [0.1, 0.15) is 0 Å². The first-order valence-corrected chi connectivity index (χ1v) is 8.89. The highest BCUT2D eigenvalue weighted by molar-refractivity contribution is 6.12. The lowest BCUT2D eigenvalue weighted by Crippen LogP contribution is -1.99. The quantitative estimate of drug-likeness (QED) is 0.553.